The van der Waals surface area contributed by atoms with Crippen molar-refractivity contribution in [2.45, 2.75) is 19.4 Å². The number of aryl methyl sites for hydroxylation is 1. The van der Waals surface area contributed by atoms with E-state index in [1.165, 1.54) is 6.07 Å². The molecule has 0 radical (unpaired) electrons. The van der Waals surface area contributed by atoms with Crippen molar-refractivity contribution in [3.63, 3.8) is 0 Å². The van der Waals surface area contributed by atoms with Crippen molar-refractivity contribution < 1.29 is 9.66 Å². The van der Waals surface area contributed by atoms with Gasteiger partial charge in [0.15, 0.2) is 5.75 Å². The van der Waals surface area contributed by atoms with E-state index in [-0.39, 0.29) is 18.0 Å². The van der Waals surface area contributed by atoms with Crippen LogP contribution in [0.25, 0.3) is 0 Å². The molecule has 1 unspecified atom stereocenters. The Kier molecular flexibility index (Phi) is 5.08. The van der Waals surface area contributed by atoms with Crippen molar-refractivity contribution >= 4 is 5.69 Å². The van der Waals surface area contributed by atoms with Gasteiger partial charge in [0.2, 0.25) is 0 Å². The van der Waals surface area contributed by atoms with Crippen molar-refractivity contribution in [1.29, 1.82) is 5.26 Å². The second kappa shape index (κ2) is 6.57. The molecule has 0 aliphatic heterocycles. The molecule has 0 amide bonds. The van der Waals surface area contributed by atoms with Crippen molar-refractivity contribution in [3.05, 3.63) is 33.9 Å². The number of nitriles is 1. The molecule has 0 saturated heterocycles. The standard InChI is InChI=1S/C12H15N3O3/c1-3-9-4-5-12(11(6-9)15(16)17)18-8-10(7-13)14-2/h4-6,10,14H,3,8H2,1-2H3. The largest absolute Gasteiger partial charge is 0.484 e. The highest BCUT2D eigenvalue weighted by atomic mass is 16.6. The van der Waals surface area contributed by atoms with Crippen LogP contribution in [0.1, 0.15) is 12.5 Å². The molecule has 0 aromatic heterocycles. The van der Waals surface area contributed by atoms with E-state index < -0.39 is 11.0 Å². The molecular weight excluding hydrogens is 234 g/mol. The summed E-state index contributed by atoms with van der Waals surface area (Å²) >= 11 is 0. The Bertz CT molecular complexity index is 468. The van der Waals surface area contributed by atoms with Gasteiger partial charge in [-0.1, -0.05) is 13.0 Å². The first-order chi connectivity index (χ1) is 8.62. The second-order valence-corrected chi connectivity index (χ2v) is 3.69. The fourth-order valence-electron chi connectivity index (χ4n) is 1.41. The van der Waals surface area contributed by atoms with E-state index in [1.807, 2.05) is 13.0 Å². The Labute approximate surface area is 105 Å². The lowest BCUT2D eigenvalue weighted by Gasteiger charge is -2.10. The molecule has 1 aromatic rings. The topological polar surface area (TPSA) is 88.2 Å². The maximum Gasteiger partial charge on any atom is 0.311 e. The highest BCUT2D eigenvalue weighted by molar-refractivity contribution is 5.48. The molecule has 0 bridgehead atoms. The Hall–Kier alpha value is -2.13. The molecule has 1 atom stereocenters. The lowest BCUT2D eigenvalue weighted by Crippen LogP contribution is -2.30. The Morgan fingerprint density at radius 3 is 2.83 bits per heavy atom. The summed E-state index contributed by atoms with van der Waals surface area (Å²) in [4.78, 5) is 10.4. The summed E-state index contributed by atoms with van der Waals surface area (Å²) in [6.45, 7) is 1.99. The van der Waals surface area contributed by atoms with E-state index >= 15 is 0 Å². The smallest absolute Gasteiger partial charge is 0.311 e. The molecule has 0 aliphatic carbocycles. The third kappa shape index (κ3) is 3.43. The molecule has 0 spiro atoms. The van der Waals surface area contributed by atoms with E-state index in [9.17, 15) is 10.1 Å². The monoisotopic (exact) mass is 249 g/mol. The SMILES string of the molecule is CCc1ccc(OCC(C#N)NC)c([N+](=O)[O-])c1. The molecule has 0 heterocycles. The van der Waals surface area contributed by atoms with Crippen LogP contribution in [0, 0.1) is 21.4 Å². The molecule has 96 valence electrons. The molecule has 1 N–H and O–H groups in total. The van der Waals surface area contributed by atoms with Gasteiger partial charge in [0.05, 0.1) is 11.0 Å². The highest BCUT2D eigenvalue weighted by Crippen LogP contribution is 2.28. The molecule has 1 aromatic carbocycles. The summed E-state index contributed by atoms with van der Waals surface area (Å²) < 4.78 is 5.32. The summed E-state index contributed by atoms with van der Waals surface area (Å²) in [6.07, 6.45) is 0.721. The van der Waals surface area contributed by atoms with E-state index in [1.54, 1.807) is 19.2 Å². The highest BCUT2D eigenvalue weighted by Gasteiger charge is 2.17. The number of rotatable bonds is 6. The molecule has 0 aliphatic rings. The summed E-state index contributed by atoms with van der Waals surface area (Å²) in [5, 5.41) is 22.4. The number of ether oxygens (including phenoxy) is 1. The predicted molar refractivity (Wildman–Crippen MR) is 66.4 cm³/mol. The van der Waals surface area contributed by atoms with E-state index in [0.717, 1.165) is 12.0 Å². The van der Waals surface area contributed by atoms with Gasteiger partial charge in [-0.3, -0.25) is 10.1 Å². The number of nitrogens with zero attached hydrogens (tertiary/aromatic N) is 2. The second-order valence-electron chi connectivity index (χ2n) is 3.69. The third-order valence-corrected chi connectivity index (χ3v) is 2.54. The van der Waals surface area contributed by atoms with Crippen LogP contribution in [0.3, 0.4) is 0 Å². The van der Waals surface area contributed by atoms with E-state index in [0.29, 0.717) is 0 Å². The van der Waals surface area contributed by atoms with Crippen LogP contribution in [-0.4, -0.2) is 24.6 Å². The minimum Gasteiger partial charge on any atom is -0.484 e. The van der Waals surface area contributed by atoms with Gasteiger partial charge in [0.1, 0.15) is 12.6 Å². The van der Waals surface area contributed by atoms with Crippen LogP contribution in [-0.2, 0) is 6.42 Å². The maximum atomic E-state index is 10.9. The Morgan fingerprint density at radius 1 is 1.61 bits per heavy atom. The number of hydrogen-bond acceptors (Lipinski definition) is 5. The van der Waals surface area contributed by atoms with Gasteiger partial charge in [-0.25, -0.2) is 0 Å². The number of nitrogens with one attached hydrogen (secondary N) is 1. The summed E-state index contributed by atoms with van der Waals surface area (Å²) in [7, 11) is 1.63. The number of likely N-dealkylation sites (N-methyl/N-ethyl adjacent to an activating group) is 1. The number of benzene rings is 1. The van der Waals surface area contributed by atoms with Crippen LogP contribution in [0.15, 0.2) is 18.2 Å². The third-order valence-electron chi connectivity index (χ3n) is 2.54. The van der Waals surface area contributed by atoms with Crippen molar-refractivity contribution in [1.82, 2.24) is 5.32 Å². The average molecular weight is 249 g/mol. The first-order valence-electron chi connectivity index (χ1n) is 5.59. The predicted octanol–water partition coefficient (Wildman–Crippen LogP) is 1.65. The zero-order valence-electron chi connectivity index (χ0n) is 10.3. The van der Waals surface area contributed by atoms with Gasteiger partial charge in [-0.2, -0.15) is 5.26 Å². The van der Waals surface area contributed by atoms with Crippen LogP contribution >= 0.6 is 0 Å². The molecule has 18 heavy (non-hydrogen) atoms. The van der Waals surface area contributed by atoms with E-state index in [4.69, 9.17) is 10.00 Å². The summed E-state index contributed by atoms with van der Waals surface area (Å²) in [6, 6.07) is 6.34. The fraction of sp³-hybridized carbons (Fsp3) is 0.417. The van der Waals surface area contributed by atoms with E-state index in [2.05, 4.69) is 5.32 Å². The maximum absolute atomic E-state index is 10.9. The molecule has 6 heteroatoms. The minimum atomic E-state index is -0.490. The summed E-state index contributed by atoms with van der Waals surface area (Å²) in [5.41, 5.74) is 0.807. The number of nitro benzene ring substituents is 1. The first kappa shape index (κ1) is 13.9. The van der Waals surface area contributed by atoms with Crippen LogP contribution in [0.4, 0.5) is 5.69 Å². The number of hydrogen-bond donors (Lipinski definition) is 1. The van der Waals surface area contributed by atoms with Gasteiger partial charge < -0.3 is 10.1 Å². The molecular formula is C12H15N3O3. The van der Waals surface area contributed by atoms with Crippen molar-refractivity contribution in [2.75, 3.05) is 13.7 Å². The van der Waals surface area contributed by atoms with Gasteiger partial charge >= 0.3 is 5.69 Å². The molecule has 0 saturated carbocycles. The quantitative estimate of drug-likeness (QED) is 0.611. The van der Waals surface area contributed by atoms with Crippen LogP contribution in [0.2, 0.25) is 0 Å². The van der Waals surface area contributed by atoms with Crippen molar-refractivity contribution in [3.8, 4) is 11.8 Å². The van der Waals surface area contributed by atoms with Gasteiger partial charge in [0, 0.05) is 6.07 Å². The zero-order chi connectivity index (χ0) is 13.5. The van der Waals surface area contributed by atoms with Gasteiger partial charge in [-0.15, -0.1) is 0 Å². The minimum absolute atomic E-state index is 0.0675. The fourth-order valence-corrected chi connectivity index (χ4v) is 1.41. The lowest BCUT2D eigenvalue weighted by atomic mass is 10.1. The van der Waals surface area contributed by atoms with Gasteiger partial charge in [0.25, 0.3) is 0 Å². The normalized spacial score (nSPS) is 11.6. The van der Waals surface area contributed by atoms with Crippen LogP contribution in [0.5, 0.6) is 5.75 Å². The van der Waals surface area contributed by atoms with Gasteiger partial charge in [-0.05, 0) is 25.1 Å². The Balaban J connectivity index is 2.88. The molecule has 6 nitrogen and oxygen atoms in total. The zero-order valence-corrected chi connectivity index (χ0v) is 10.3. The molecule has 0 fully saturated rings. The first-order valence-corrected chi connectivity index (χ1v) is 5.59. The number of nitro groups is 1. The lowest BCUT2D eigenvalue weighted by molar-refractivity contribution is -0.385. The van der Waals surface area contributed by atoms with Crippen LogP contribution < -0.4 is 10.1 Å². The summed E-state index contributed by atoms with van der Waals surface area (Å²) in [5.74, 6) is 0.188. The Morgan fingerprint density at radius 2 is 2.33 bits per heavy atom. The average Bonchev–Trinajstić information content (AvgIpc) is 2.39. The molecule has 1 rings (SSSR count). The van der Waals surface area contributed by atoms with Crippen molar-refractivity contribution in [2.24, 2.45) is 0 Å².